The number of hydrogen-bond donors (Lipinski definition) is 0. The van der Waals surface area contributed by atoms with Crippen LogP contribution >= 0.6 is 11.6 Å². The van der Waals surface area contributed by atoms with Crippen LogP contribution in [0, 0.1) is 11.3 Å². The van der Waals surface area contributed by atoms with Gasteiger partial charge in [-0.3, -0.25) is 9.59 Å². The number of halogens is 1. The van der Waals surface area contributed by atoms with Crippen molar-refractivity contribution in [2.75, 3.05) is 21.2 Å². The zero-order chi connectivity index (χ0) is 25.0. The van der Waals surface area contributed by atoms with Gasteiger partial charge in [0.1, 0.15) is 0 Å². The molecule has 0 aromatic heterocycles. The predicted octanol–water partition coefficient (Wildman–Crippen LogP) is 5.69. The number of piperidine rings is 1. The molecule has 3 aliphatic rings. The van der Waals surface area contributed by atoms with Crippen molar-refractivity contribution in [1.29, 1.82) is 0 Å². The number of anilines is 3. The number of rotatable bonds is 2. The van der Waals surface area contributed by atoms with Gasteiger partial charge >= 0.3 is 6.03 Å². The van der Waals surface area contributed by atoms with E-state index in [1.165, 1.54) is 9.80 Å². The Labute approximate surface area is 215 Å². The molecule has 0 unspecified atom stereocenters. The van der Waals surface area contributed by atoms with Gasteiger partial charge in [-0.05, 0) is 67.1 Å². The van der Waals surface area contributed by atoms with Crippen molar-refractivity contribution in [1.82, 2.24) is 0 Å². The summed E-state index contributed by atoms with van der Waals surface area (Å²) in [7, 11) is 0. The van der Waals surface area contributed by atoms with Gasteiger partial charge in [-0.2, -0.15) is 0 Å². The Morgan fingerprint density at radius 2 is 1.42 bits per heavy atom. The number of nitrogens with zero attached hydrogens (tertiary/aromatic N) is 3. The van der Waals surface area contributed by atoms with Gasteiger partial charge in [-0.25, -0.2) is 14.6 Å². The SMILES string of the molecule is C[C@H]1CCN2c3cc(Cl)ccc3CC3(C(=O)N(c4ccccc4)C(=O)N(c4ccccc4)C3=O)[C@@H]2C1. The molecule has 3 aliphatic heterocycles. The number of carbonyl (C=O) groups is 3. The number of imide groups is 2. The van der Waals surface area contributed by atoms with Crippen LogP contribution in [-0.2, 0) is 16.0 Å². The molecule has 0 saturated carbocycles. The van der Waals surface area contributed by atoms with E-state index in [0.717, 1.165) is 17.7 Å². The van der Waals surface area contributed by atoms with Gasteiger partial charge in [-0.1, -0.05) is 61.0 Å². The number of fused-ring (bicyclic) bond motifs is 4. The predicted molar refractivity (Wildman–Crippen MR) is 140 cm³/mol. The summed E-state index contributed by atoms with van der Waals surface area (Å²) < 4.78 is 0. The van der Waals surface area contributed by atoms with Crippen LogP contribution in [0.5, 0.6) is 0 Å². The summed E-state index contributed by atoms with van der Waals surface area (Å²) in [5.41, 5.74) is 1.33. The number of para-hydroxylation sites is 2. The molecule has 6 nitrogen and oxygen atoms in total. The second kappa shape index (κ2) is 8.49. The molecule has 0 bridgehead atoms. The summed E-state index contributed by atoms with van der Waals surface area (Å²) in [6.07, 6.45) is 1.83. The Hall–Kier alpha value is -3.64. The van der Waals surface area contributed by atoms with Crippen molar-refractivity contribution in [2.45, 2.75) is 32.2 Å². The third-order valence-electron chi connectivity index (χ3n) is 7.84. The van der Waals surface area contributed by atoms with Gasteiger partial charge in [0.2, 0.25) is 0 Å². The Morgan fingerprint density at radius 1 is 0.833 bits per heavy atom. The minimum atomic E-state index is -1.45. The summed E-state index contributed by atoms with van der Waals surface area (Å²) in [5, 5.41) is 0.621. The minimum Gasteiger partial charge on any atom is -0.367 e. The van der Waals surface area contributed by atoms with E-state index < -0.39 is 29.3 Å². The summed E-state index contributed by atoms with van der Waals surface area (Å²) in [6.45, 7) is 2.87. The van der Waals surface area contributed by atoms with E-state index in [4.69, 9.17) is 11.6 Å². The van der Waals surface area contributed by atoms with Crippen molar-refractivity contribution < 1.29 is 14.4 Å². The van der Waals surface area contributed by atoms with Gasteiger partial charge in [0.15, 0.2) is 5.41 Å². The van der Waals surface area contributed by atoms with Crippen molar-refractivity contribution in [3.05, 3.63) is 89.4 Å². The lowest BCUT2D eigenvalue weighted by Crippen LogP contribution is -2.74. The molecule has 3 aromatic rings. The number of urea groups is 1. The van der Waals surface area contributed by atoms with Crippen molar-refractivity contribution in [3.63, 3.8) is 0 Å². The fourth-order valence-electron chi connectivity index (χ4n) is 6.08. The maximum Gasteiger partial charge on any atom is 0.342 e. The van der Waals surface area contributed by atoms with E-state index >= 15 is 0 Å². The minimum absolute atomic E-state index is 0.213. The Kier molecular flexibility index (Phi) is 5.38. The molecule has 0 radical (unpaired) electrons. The quantitative estimate of drug-likeness (QED) is 0.425. The first-order valence-corrected chi connectivity index (χ1v) is 12.7. The van der Waals surface area contributed by atoms with E-state index in [2.05, 4.69) is 11.8 Å². The van der Waals surface area contributed by atoms with Crippen LogP contribution < -0.4 is 14.7 Å². The molecule has 182 valence electrons. The highest BCUT2D eigenvalue weighted by Gasteiger charge is 2.65. The van der Waals surface area contributed by atoms with Crippen molar-refractivity contribution in [3.8, 4) is 0 Å². The Bertz CT molecular complexity index is 1300. The standard InChI is InChI=1S/C29H26ClN3O3/c1-19-14-15-31-24-17-21(30)13-12-20(24)18-29(25(31)16-19)26(34)32(22-8-4-2-5-9-22)28(36)33(27(29)35)23-10-6-3-7-11-23/h2-13,17,19,25H,14-16,18H2,1H3/t19-,25-/m0/s1. The highest BCUT2D eigenvalue weighted by Crippen LogP contribution is 2.51. The monoisotopic (exact) mass is 499 g/mol. The molecule has 1 spiro atoms. The van der Waals surface area contributed by atoms with Crippen molar-refractivity contribution >= 4 is 46.5 Å². The molecule has 2 fully saturated rings. The third kappa shape index (κ3) is 3.28. The molecule has 4 amide bonds. The number of hydrogen-bond acceptors (Lipinski definition) is 4. The molecule has 3 heterocycles. The lowest BCUT2D eigenvalue weighted by Gasteiger charge is -2.56. The second-order valence-corrected chi connectivity index (χ2v) is 10.4. The highest BCUT2D eigenvalue weighted by atomic mass is 35.5. The maximum absolute atomic E-state index is 14.5. The molecule has 6 rings (SSSR count). The first kappa shape index (κ1) is 22.8. The molecule has 0 N–H and O–H groups in total. The van der Waals surface area contributed by atoms with Crippen LogP contribution in [0.3, 0.4) is 0 Å². The zero-order valence-electron chi connectivity index (χ0n) is 19.9. The Morgan fingerprint density at radius 3 is 2.00 bits per heavy atom. The van der Waals surface area contributed by atoms with Crippen LogP contribution in [0.2, 0.25) is 5.02 Å². The van der Waals surface area contributed by atoms with Gasteiger partial charge in [0, 0.05) is 17.3 Å². The summed E-state index contributed by atoms with van der Waals surface area (Å²) in [6, 6.07) is 22.4. The van der Waals surface area contributed by atoms with E-state index in [9.17, 15) is 14.4 Å². The molecule has 7 heteroatoms. The number of amides is 4. The van der Waals surface area contributed by atoms with Crippen LogP contribution in [0.4, 0.5) is 21.9 Å². The number of benzene rings is 3. The van der Waals surface area contributed by atoms with E-state index in [-0.39, 0.29) is 6.42 Å². The van der Waals surface area contributed by atoms with Crippen molar-refractivity contribution in [2.24, 2.45) is 11.3 Å². The number of carbonyl (C=O) groups excluding carboxylic acids is 3. The smallest absolute Gasteiger partial charge is 0.342 e. The molecule has 2 saturated heterocycles. The highest BCUT2D eigenvalue weighted by molar-refractivity contribution is 6.39. The topological polar surface area (TPSA) is 60.9 Å². The lowest BCUT2D eigenvalue weighted by atomic mass is 9.64. The summed E-state index contributed by atoms with van der Waals surface area (Å²) in [4.78, 5) is 47.5. The molecule has 3 aromatic carbocycles. The van der Waals surface area contributed by atoms with Crippen LogP contribution in [0.15, 0.2) is 78.9 Å². The average Bonchev–Trinajstić information content (AvgIpc) is 2.89. The van der Waals surface area contributed by atoms with Crippen LogP contribution in [0.1, 0.15) is 25.3 Å². The van der Waals surface area contributed by atoms with E-state index in [1.54, 1.807) is 54.6 Å². The maximum atomic E-state index is 14.5. The normalized spacial score (nSPS) is 23.1. The molecule has 36 heavy (non-hydrogen) atoms. The number of barbiturate groups is 1. The molecule has 2 atom stereocenters. The fraction of sp³-hybridized carbons (Fsp3) is 0.276. The van der Waals surface area contributed by atoms with Gasteiger partial charge < -0.3 is 4.90 Å². The molecular formula is C29H26ClN3O3. The Balaban J connectivity index is 1.60. The second-order valence-electron chi connectivity index (χ2n) is 9.99. The van der Waals surface area contributed by atoms with E-state index in [1.807, 2.05) is 24.3 Å². The zero-order valence-corrected chi connectivity index (χ0v) is 20.7. The third-order valence-corrected chi connectivity index (χ3v) is 8.08. The average molecular weight is 500 g/mol. The molecular weight excluding hydrogens is 474 g/mol. The summed E-state index contributed by atoms with van der Waals surface area (Å²) in [5.74, 6) is -0.585. The largest absolute Gasteiger partial charge is 0.367 e. The molecule has 0 aliphatic carbocycles. The summed E-state index contributed by atoms with van der Waals surface area (Å²) >= 11 is 6.38. The van der Waals surface area contributed by atoms with E-state index in [0.29, 0.717) is 35.3 Å². The fourth-order valence-corrected chi connectivity index (χ4v) is 6.25. The first-order chi connectivity index (χ1) is 17.4. The van der Waals surface area contributed by atoms with Gasteiger partial charge in [-0.15, -0.1) is 0 Å². The van der Waals surface area contributed by atoms with Crippen LogP contribution in [-0.4, -0.2) is 30.4 Å². The van der Waals surface area contributed by atoms with Gasteiger partial charge in [0.25, 0.3) is 11.8 Å². The van der Waals surface area contributed by atoms with Crippen LogP contribution in [0.25, 0.3) is 0 Å². The van der Waals surface area contributed by atoms with Gasteiger partial charge in [0.05, 0.1) is 17.4 Å². The lowest BCUT2D eigenvalue weighted by molar-refractivity contribution is -0.143. The first-order valence-electron chi connectivity index (χ1n) is 12.3.